The Bertz CT molecular complexity index is 1700. The number of esters is 6. The monoisotopic (exact) mass is 702 g/mol. The van der Waals surface area contributed by atoms with Gasteiger partial charge in [-0.2, -0.15) is 0 Å². The maximum atomic E-state index is 13.5. The molecule has 0 saturated carbocycles. The van der Waals surface area contributed by atoms with Crippen LogP contribution in [0.5, 0.6) is 28.7 Å². The molecule has 0 spiro atoms. The van der Waals surface area contributed by atoms with Crippen molar-refractivity contribution in [1.29, 1.82) is 0 Å². The Balaban J connectivity index is 1.79. The summed E-state index contributed by atoms with van der Waals surface area (Å²) in [5.41, 5.74) is 0.326. The average Bonchev–Trinajstić information content (AvgIpc) is 3.01. The summed E-state index contributed by atoms with van der Waals surface area (Å²) in [4.78, 5) is 86.5. The SMILES string of the molecule is COC(=O)[C@H]1O[C@@H](Oc2cc(OC(C)=O)c3c(c2)O[C@H](c2ccc(OC)c(OC(C)=O)c2)CC3=O)[C@H](OC(C)=O)[C@@H](OC(C)=O)[C@@H]1OC(C)=O. The van der Waals surface area contributed by atoms with E-state index in [1.54, 1.807) is 6.07 Å². The normalized spacial score (nSPS) is 22.4. The number of Topliss-reactive ketones (excluding diaryl/α,β-unsaturated/α-hetero) is 1. The van der Waals surface area contributed by atoms with Crippen LogP contribution < -0.4 is 23.7 Å². The Hall–Kier alpha value is -5.71. The molecule has 0 amide bonds. The first kappa shape index (κ1) is 37.1. The second-order valence-electron chi connectivity index (χ2n) is 10.9. The maximum absolute atomic E-state index is 13.5. The molecule has 268 valence electrons. The van der Waals surface area contributed by atoms with Crippen molar-refractivity contribution < 1.29 is 80.9 Å². The molecule has 0 bridgehead atoms. The molecule has 0 unspecified atom stereocenters. The summed E-state index contributed by atoms with van der Waals surface area (Å²) >= 11 is 0. The van der Waals surface area contributed by atoms with E-state index in [1.807, 2.05) is 0 Å². The highest BCUT2D eigenvalue weighted by Crippen LogP contribution is 2.44. The molecule has 0 radical (unpaired) electrons. The summed E-state index contributed by atoms with van der Waals surface area (Å²) in [6.45, 7) is 5.42. The van der Waals surface area contributed by atoms with E-state index >= 15 is 0 Å². The number of carbonyl (C=O) groups excluding carboxylic acids is 7. The minimum absolute atomic E-state index is 0.0811. The first-order chi connectivity index (χ1) is 23.6. The van der Waals surface area contributed by atoms with E-state index < -0.39 is 78.4 Å². The van der Waals surface area contributed by atoms with Crippen molar-refractivity contribution in [3.8, 4) is 28.7 Å². The third kappa shape index (κ3) is 8.65. The van der Waals surface area contributed by atoms with Gasteiger partial charge in [-0.1, -0.05) is 6.07 Å². The molecule has 2 aromatic carbocycles. The molecule has 2 heterocycles. The van der Waals surface area contributed by atoms with Gasteiger partial charge in [0.2, 0.25) is 12.4 Å². The number of rotatable bonds is 10. The van der Waals surface area contributed by atoms with Gasteiger partial charge in [0.25, 0.3) is 0 Å². The Kier molecular flexibility index (Phi) is 11.6. The van der Waals surface area contributed by atoms with E-state index in [1.165, 1.54) is 32.2 Å². The molecule has 17 nitrogen and oxygen atoms in total. The summed E-state index contributed by atoms with van der Waals surface area (Å²) in [5, 5.41) is 0. The van der Waals surface area contributed by atoms with Crippen LogP contribution in [-0.4, -0.2) is 86.5 Å². The lowest BCUT2D eigenvalue weighted by Crippen LogP contribution is -2.64. The van der Waals surface area contributed by atoms with Crippen molar-refractivity contribution in [2.24, 2.45) is 0 Å². The van der Waals surface area contributed by atoms with Gasteiger partial charge in [0.1, 0.15) is 28.9 Å². The first-order valence-corrected chi connectivity index (χ1v) is 15.0. The van der Waals surface area contributed by atoms with Gasteiger partial charge in [0.05, 0.1) is 20.6 Å². The fourth-order valence-corrected chi connectivity index (χ4v) is 5.33. The van der Waals surface area contributed by atoms with Crippen molar-refractivity contribution >= 4 is 41.6 Å². The number of ether oxygens (including phenoxy) is 10. The van der Waals surface area contributed by atoms with Gasteiger partial charge in [-0.15, -0.1) is 0 Å². The molecule has 2 aliphatic rings. The Labute approximate surface area is 284 Å². The molecule has 2 aliphatic heterocycles. The molecule has 0 aliphatic carbocycles. The number of benzene rings is 2. The van der Waals surface area contributed by atoms with Crippen LogP contribution in [0.3, 0.4) is 0 Å². The highest BCUT2D eigenvalue weighted by Gasteiger charge is 2.56. The third-order valence-electron chi connectivity index (χ3n) is 7.11. The van der Waals surface area contributed by atoms with Crippen LogP contribution in [0.4, 0.5) is 0 Å². The number of ketones is 1. The molecule has 17 heteroatoms. The van der Waals surface area contributed by atoms with Crippen LogP contribution in [0.15, 0.2) is 30.3 Å². The van der Waals surface area contributed by atoms with Gasteiger partial charge < -0.3 is 47.4 Å². The van der Waals surface area contributed by atoms with E-state index in [-0.39, 0.29) is 40.7 Å². The smallest absolute Gasteiger partial charge is 0.339 e. The minimum atomic E-state index is -1.76. The molecular formula is C33H34O17. The summed E-state index contributed by atoms with van der Waals surface area (Å²) < 4.78 is 54.7. The number of methoxy groups -OCH3 is 2. The van der Waals surface area contributed by atoms with Crippen LogP contribution in [-0.2, 0) is 52.5 Å². The largest absolute Gasteiger partial charge is 0.493 e. The van der Waals surface area contributed by atoms with Crippen LogP contribution in [0.25, 0.3) is 0 Å². The van der Waals surface area contributed by atoms with Crippen molar-refractivity contribution in [2.45, 2.75) is 77.8 Å². The standard InChI is InChI=1S/C33H34O17/c1-14(34)43-24-10-19(8-9-22(24)41-6)23-13-21(39)27-25(44-15(2)35)11-20(12-26(27)49-23)48-33-31(47-18(5)38)29(46-17(4)37)28(45-16(3)36)30(50-33)32(40)42-7/h8-12,23,28-31,33H,13H2,1-7H3/t23-,28-,29-,30-,31+,33+/m0/s1. The van der Waals surface area contributed by atoms with Gasteiger partial charge in [0.15, 0.2) is 35.6 Å². The lowest BCUT2D eigenvalue weighted by Gasteiger charge is -2.43. The van der Waals surface area contributed by atoms with Crippen molar-refractivity contribution in [3.63, 3.8) is 0 Å². The Morgan fingerprint density at radius 3 is 1.88 bits per heavy atom. The number of hydrogen-bond acceptors (Lipinski definition) is 17. The quantitative estimate of drug-likeness (QED) is 0.197. The zero-order valence-electron chi connectivity index (χ0n) is 28.0. The van der Waals surface area contributed by atoms with E-state index in [0.717, 1.165) is 40.9 Å². The van der Waals surface area contributed by atoms with E-state index in [0.29, 0.717) is 5.56 Å². The fourth-order valence-electron chi connectivity index (χ4n) is 5.33. The molecule has 50 heavy (non-hydrogen) atoms. The van der Waals surface area contributed by atoms with E-state index in [9.17, 15) is 33.6 Å². The van der Waals surface area contributed by atoms with Crippen molar-refractivity contribution in [3.05, 3.63) is 41.5 Å². The zero-order chi connectivity index (χ0) is 36.9. The second-order valence-corrected chi connectivity index (χ2v) is 10.9. The molecule has 1 saturated heterocycles. The van der Waals surface area contributed by atoms with Crippen LogP contribution >= 0.6 is 0 Å². The van der Waals surface area contributed by atoms with Crippen LogP contribution in [0.2, 0.25) is 0 Å². The van der Waals surface area contributed by atoms with Gasteiger partial charge in [0, 0.05) is 46.8 Å². The molecule has 0 aromatic heterocycles. The van der Waals surface area contributed by atoms with Gasteiger partial charge in [-0.05, 0) is 17.7 Å². The molecule has 6 atom stereocenters. The van der Waals surface area contributed by atoms with Crippen molar-refractivity contribution in [1.82, 2.24) is 0 Å². The van der Waals surface area contributed by atoms with Gasteiger partial charge in [-0.25, -0.2) is 4.79 Å². The fraction of sp³-hybridized carbons (Fsp3) is 0.424. The van der Waals surface area contributed by atoms with Gasteiger partial charge >= 0.3 is 35.8 Å². The number of carbonyl (C=O) groups is 7. The topological polar surface area (TPSA) is 212 Å². The predicted molar refractivity (Wildman–Crippen MR) is 162 cm³/mol. The summed E-state index contributed by atoms with van der Waals surface area (Å²) in [5.74, 6) is -5.85. The van der Waals surface area contributed by atoms with E-state index in [4.69, 9.17) is 47.4 Å². The molecule has 0 N–H and O–H groups in total. The van der Waals surface area contributed by atoms with Gasteiger partial charge in [-0.3, -0.25) is 28.8 Å². The molecule has 1 fully saturated rings. The Morgan fingerprint density at radius 1 is 0.700 bits per heavy atom. The lowest BCUT2D eigenvalue weighted by molar-refractivity contribution is -0.282. The highest BCUT2D eigenvalue weighted by atomic mass is 16.7. The predicted octanol–water partition coefficient (Wildman–Crippen LogP) is 2.32. The Morgan fingerprint density at radius 2 is 1.30 bits per heavy atom. The third-order valence-corrected chi connectivity index (χ3v) is 7.11. The molecule has 2 aromatic rings. The average molecular weight is 703 g/mol. The zero-order valence-corrected chi connectivity index (χ0v) is 28.0. The van der Waals surface area contributed by atoms with Crippen LogP contribution in [0, 0.1) is 0 Å². The maximum Gasteiger partial charge on any atom is 0.339 e. The summed E-state index contributed by atoms with van der Waals surface area (Å²) in [7, 11) is 2.42. The number of hydrogen-bond donors (Lipinski definition) is 0. The first-order valence-electron chi connectivity index (χ1n) is 15.0. The van der Waals surface area contributed by atoms with E-state index in [2.05, 4.69) is 0 Å². The minimum Gasteiger partial charge on any atom is -0.493 e. The van der Waals surface area contributed by atoms with Crippen molar-refractivity contribution in [2.75, 3.05) is 14.2 Å². The molecule has 4 rings (SSSR count). The highest BCUT2D eigenvalue weighted by molar-refractivity contribution is 6.03. The lowest BCUT2D eigenvalue weighted by atomic mass is 9.95. The second kappa shape index (κ2) is 15.7. The molecular weight excluding hydrogens is 668 g/mol. The summed E-state index contributed by atoms with van der Waals surface area (Å²) in [6.07, 6.45) is -9.59. The summed E-state index contributed by atoms with van der Waals surface area (Å²) in [6, 6.07) is 7.01. The number of fused-ring (bicyclic) bond motifs is 1. The van der Waals surface area contributed by atoms with Crippen LogP contribution in [0.1, 0.15) is 63.1 Å².